The molecule has 4 atom stereocenters. The molecule has 3 aliphatic rings. The van der Waals surface area contributed by atoms with Gasteiger partial charge in [0.2, 0.25) is 11.8 Å². The number of amides is 4. The SMILES string of the molecule is CC(=O)OC1OC(=O)CC1NC(=O)C1CCCN2C(=O)CC[C@H](NC(=O)c3ccccc3)C(=O)N12. The molecular weight excluding hydrogens is 460 g/mol. The van der Waals surface area contributed by atoms with Crippen LogP contribution in [-0.2, 0) is 33.4 Å². The fourth-order valence-corrected chi connectivity index (χ4v) is 4.44. The number of benzene rings is 1. The Balaban J connectivity index is 1.52. The molecule has 0 aromatic heterocycles. The highest BCUT2D eigenvalue weighted by atomic mass is 16.7. The number of nitrogens with one attached hydrogen (secondary N) is 2. The molecule has 4 rings (SSSR count). The number of carbonyl (C=O) groups is 6. The van der Waals surface area contributed by atoms with Crippen LogP contribution in [0.15, 0.2) is 30.3 Å². The second-order valence-corrected chi connectivity index (χ2v) is 8.58. The molecule has 0 saturated carbocycles. The molecule has 3 heterocycles. The third kappa shape index (κ3) is 5.26. The molecule has 12 nitrogen and oxygen atoms in total. The standard InChI is InChI=1S/C23H26N4O8/c1-13(28)34-23-16(12-19(30)35-23)25-21(32)17-8-5-11-26-18(29)10-9-15(22(33)27(17)26)24-20(31)14-6-3-2-4-7-14/h2-4,6-7,15-17,23H,5,8-12H2,1H3,(H,24,31)(H,25,32)/t15-,16?,17?,23?/m0/s1. The Morgan fingerprint density at radius 2 is 1.80 bits per heavy atom. The van der Waals surface area contributed by atoms with Gasteiger partial charge in [0.25, 0.3) is 18.1 Å². The lowest BCUT2D eigenvalue weighted by Gasteiger charge is -2.43. The van der Waals surface area contributed by atoms with Crippen LogP contribution in [0.4, 0.5) is 0 Å². The van der Waals surface area contributed by atoms with Crippen LogP contribution in [0.25, 0.3) is 0 Å². The van der Waals surface area contributed by atoms with E-state index in [1.807, 2.05) is 0 Å². The van der Waals surface area contributed by atoms with Crippen molar-refractivity contribution in [3.8, 4) is 0 Å². The summed E-state index contributed by atoms with van der Waals surface area (Å²) in [6, 6.07) is 5.38. The summed E-state index contributed by atoms with van der Waals surface area (Å²) in [5.74, 6) is -3.31. The molecule has 35 heavy (non-hydrogen) atoms. The molecule has 12 heteroatoms. The Bertz CT molecular complexity index is 1050. The monoisotopic (exact) mass is 486 g/mol. The number of cyclic esters (lactones) is 1. The average Bonchev–Trinajstić information content (AvgIpc) is 3.12. The third-order valence-electron chi connectivity index (χ3n) is 6.08. The van der Waals surface area contributed by atoms with Crippen LogP contribution in [-0.4, -0.2) is 76.5 Å². The van der Waals surface area contributed by atoms with Gasteiger partial charge < -0.3 is 20.1 Å². The lowest BCUT2D eigenvalue weighted by molar-refractivity contribution is -0.180. The highest BCUT2D eigenvalue weighted by Crippen LogP contribution is 2.26. The van der Waals surface area contributed by atoms with Gasteiger partial charge in [0.15, 0.2) is 0 Å². The molecule has 3 aliphatic heterocycles. The van der Waals surface area contributed by atoms with E-state index in [4.69, 9.17) is 9.47 Å². The second kappa shape index (κ2) is 10.1. The molecule has 3 saturated heterocycles. The zero-order valence-electron chi connectivity index (χ0n) is 19.1. The number of ether oxygens (including phenoxy) is 2. The minimum absolute atomic E-state index is 0.0236. The van der Waals surface area contributed by atoms with Gasteiger partial charge in [0.05, 0.1) is 6.42 Å². The second-order valence-electron chi connectivity index (χ2n) is 8.58. The first-order valence-electron chi connectivity index (χ1n) is 11.4. The first-order chi connectivity index (χ1) is 16.7. The van der Waals surface area contributed by atoms with Crippen LogP contribution in [0.2, 0.25) is 0 Å². The minimum atomic E-state index is -1.27. The molecule has 3 fully saturated rings. The van der Waals surface area contributed by atoms with Crippen molar-refractivity contribution in [2.24, 2.45) is 0 Å². The fraction of sp³-hybridized carbons (Fsp3) is 0.478. The van der Waals surface area contributed by atoms with E-state index in [2.05, 4.69) is 10.6 Å². The van der Waals surface area contributed by atoms with Crippen molar-refractivity contribution < 1.29 is 38.2 Å². The smallest absolute Gasteiger partial charge is 0.311 e. The Morgan fingerprint density at radius 1 is 1.06 bits per heavy atom. The van der Waals surface area contributed by atoms with Crippen LogP contribution >= 0.6 is 0 Å². The Kier molecular flexibility index (Phi) is 6.99. The Hall–Kier alpha value is -3.96. The van der Waals surface area contributed by atoms with Gasteiger partial charge in [-0.05, 0) is 31.4 Å². The topological polar surface area (TPSA) is 151 Å². The maximum absolute atomic E-state index is 13.5. The van der Waals surface area contributed by atoms with Crippen molar-refractivity contribution in [2.75, 3.05) is 6.54 Å². The number of hydrazine groups is 1. The average molecular weight is 486 g/mol. The van der Waals surface area contributed by atoms with Gasteiger partial charge >= 0.3 is 11.9 Å². The van der Waals surface area contributed by atoms with E-state index in [9.17, 15) is 28.8 Å². The van der Waals surface area contributed by atoms with Gasteiger partial charge in [-0.15, -0.1) is 0 Å². The molecule has 0 bridgehead atoms. The van der Waals surface area contributed by atoms with E-state index in [1.165, 1.54) is 5.01 Å². The maximum atomic E-state index is 13.5. The third-order valence-corrected chi connectivity index (χ3v) is 6.08. The quantitative estimate of drug-likeness (QED) is 0.535. The summed E-state index contributed by atoms with van der Waals surface area (Å²) < 4.78 is 9.91. The first-order valence-corrected chi connectivity index (χ1v) is 11.4. The minimum Gasteiger partial charge on any atom is -0.423 e. The van der Waals surface area contributed by atoms with E-state index >= 15 is 0 Å². The summed E-state index contributed by atoms with van der Waals surface area (Å²) in [6.45, 7) is 1.41. The fourth-order valence-electron chi connectivity index (χ4n) is 4.44. The van der Waals surface area contributed by atoms with Gasteiger partial charge in [-0.25, -0.2) is 5.01 Å². The largest absolute Gasteiger partial charge is 0.423 e. The van der Waals surface area contributed by atoms with E-state index < -0.39 is 54.1 Å². The lowest BCUT2D eigenvalue weighted by atomic mass is 10.0. The van der Waals surface area contributed by atoms with Crippen LogP contribution in [0, 0.1) is 0 Å². The highest BCUT2D eigenvalue weighted by molar-refractivity contribution is 5.99. The van der Waals surface area contributed by atoms with Gasteiger partial charge in [0, 0.05) is 25.5 Å². The molecule has 4 amide bonds. The number of esters is 2. The van der Waals surface area contributed by atoms with Crippen molar-refractivity contribution in [1.29, 1.82) is 0 Å². The number of carbonyl (C=O) groups excluding carboxylic acids is 6. The summed E-state index contributed by atoms with van der Waals surface area (Å²) in [5, 5.41) is 7.67. The number of hydrogen-bond donors (Lipinski definition) is 2. The van der Waals surface area contributed by atoms with E-state index in [0.29, 0.717) is 12.0 Å². The van der Waals surface area contributed by atoms with Crippen LogP contribution < -0.4 is 10.6 Å². The van der Waals surface area contributed by atoms with Gasteiger partial charge in [-0.3, -0.25) is 33.8 Å². The van der Waals surface area contributed by atoms with E-state index in [1.54, 1.807) is 30.3 Å². The highest BCUT2D eigenvalue weighted by Gasteiger charge is 2.46. The lowest BCUT2D eigenvalue weighted by Crippen LogP contribution is -2.64. The molecule has 1 aromatic rings. The Labute approximate surface area is 200 Å². The predicted molar refractivity (Wildman–Crippen MR) is 117 cm³/mol. The predicted octanol–water partition coefficient (Wildman–Crippen LogP) is -0.366. The van der Waals surface area contributed by atoms with Gasteiger partial charge in [-0.2, -0.15) is 0 Å². The summed E-state index contributed by atoms with van der Waals surface area (Å²) in [6.07, 6.45) is -0.624. The number of hydrogen-bond acceptors (Lipinski definition) is 8. The van der Waals surface area contributed by atoms with Crippen molar-refractivity contribution >= 4 is 35.6 Å². The maximum Gasteiger partial charge on any atom is 0.311 e. The normalized spacial score (nSPS) is 26.4. The summed E-state index contributed by atoms with van der Waals surface area (Å²) >= 11 is 0. The molecule has 0 radical (unpaired) electrons. The van der Waals surface area contributed by atoms with Gasteiger partial charge in [-0.1, -0.05) is 18.2 Å². The number of fused-ring (bicyclic) bond motifs is 1. The van der Waals surface area contributed by atoms with Crippen LogP contribution in [0.1, 0.15) is 49.4 Å². The molecule has 2 N–H and O–H groups in total. The molecule has 186 valence electrons. The van der Waals surface area contributed by atoms with Crippen LogP contribution in [0.5, 0.6) is 0 Å². The van der Waals surface area contributed by atoms with Crippen molar-refractivity contribution in [2.45, 2.75) is 63.4 Å². The van der Waals surface area contributed by atoms with Crippen molar-refractivity contribution in [3.63, 3.8) is 0 Å². The van der Waals surface area contributed by atoms with Crippen LogP contribution in [0.3, 0.4) is 0 Å². The Morgan fingerprint density at radius 3 is 2.51 bits per heavy atom. The van der Waals surface area contributed by atoms with Gasteiger partial charge in [0.1, 0.15) is 18.1 Å². The summed E-state index contributed by atoms with van der Waals surface area (Å²) in [7, 11) is 0. The van der Waals surface area contributed by atoms with Crippen molar-refractivity contribution in [3.05, 3.63) is 35.9 Å². The van der Waals surface area contributed by atoms with E-state index in [0.717, 1.165) is 11.9 Å². The summed E-state index contributed by atoms with van der Waals surface area (Å²) in [4.78, 5) is 75.2. The molecule has 0 spiro atoms. The van der Waals surface area contributed by atoms with Crippen molar-refractivity contribution in [1.82, 2.24) is 20.7 Å². The number of rotatable bonds is 5. The number of nitrogens with zero attached hydrogens (tertiary/aromatic N) is 2. The first kappa shape index (κ1) is 24.2. The molecule has 1 aromatic carbocycles. The van der Waals surface area contributed by atoms with E-state index in [-0.39, 0.29) is 38.1 Å². The molecule has 0 aliphatic carbocycles. The summed E-state index contributed by atoms with van der Waals surface area (Å²) in [5.41, 5.74) is 0.364. The molecule has 3 unspecified atom stereocenters. The zero-order valence-corrected chi connectivity index (χ0v) is 19.1. The molecular formula is C23H26N4O8. The zero-order chi connectivity index (χ0) is 25.1.